The Bertz CT molecular complexity index is 847. The summed E-state index contributed by atoms with van der Waals surface area (Å²) in [6.45, 7) is 3.45. The van der Waals surface area contributed by atoms with E-state index >= 15 is 0 Å². The maximum atomic E-state index is 13.8. The summed E-state index contributed by atoms with van der Waals surface area (Å²) in [5, 5.41) is 0. The van der Waals surface area contributed by atoms with Gasteiger partial charge in [0, 0.05) is 31.9 Å². The van der Waals surface area contributed by atoms with Crippen LogP contribution in [0.2, 0.25) is 0 Å². The fourth-order valence-corrected chi connectivity index (χ4v) is 4.32. The van der Waals surface area contributed by atoms with Gasteiger partial charge in [-0.3, -0.25) is 0 Å². The Morgan fingerprint density at radius 3 is 2.33 bits per heavy atom. The maximum absolute atomic E-state index is 13.8. The molecule has 0 aliphatic carbocycles. The minimum atomic E-state index is -4.04. The van der Waals surface area contributed by atoms with E-state index in [1.54, 1.807) is 0 Å². The van der Waals surface area contributed by atoms with Crippen molar-refractivity contribution < 1.29 is 17.2 Å². The summed E-state index contributed by atoms with van der Waals surface area (Å²) in [6, 6.07) is 10.4. The van der Waals surface area contributed by atoms with E-state index in [1.165, 1.54) is 4.31 Å². The smallest absolute Gasteiger partial charge is 0.246 e. The van der Waals surface area contributed by atoms with Crippen LogP contribution in [0.25, 0.3) is 0 Å². The molecule has 0 amide bonds. The van der Waals surface area contributed by atoms with Gasteiger partial charge in [-0.1, -0.05) is 12.1 Å². The first kappa shape index (κ1) is 16.9. The highest BCUT2D eigenvalue weighted by molar-refractivity contribution is 7.89. The number of nitrogens with zero attached hydrogens (tertiary/aromatic N) is 2. The molecule has 0 bridgehead atoms. The van der Waals surface area contributed by atoms with Gasteiger partial charge < -0.3 is 4.90 Å². The molecule has 3 rings (SSSR count). The highest BCUT2D eigenvalue weighted by atomic mass is 32.2. The largest absolute Gasteiger partial charge is 0.369 e. The van der Waals surface area contributed by atoms with Crippen LogP contribution in [-0.2, 0) is 10.0 Å². The van der Waals surface area contributed by atoms with Gasteiger partial charge in [-0.05, 0) is 42.8 Å². The Morgan fingerprint density at radius 1 is 0.958 bits per heavy atom. The number of rotatable bonds is 3. The average Bonchev–Trinajstić information content (AvgIpc) is 2.57. The normalized spacial score (nSPS) is 16.4. The van der Waals surface area contributed by atoms with E-state index < -0.39 is 26.6 Å². The van der Waals surface area contributed by atoms with Gasteiger partial charge in [0.1, 0.15) is 16.5 Å². The highest BCUT2D eigenvalue weighted by Crippen LogP contribution is 2.24. The van der Waals surface area contributed by atoms with Gasteiger partial charge in [-0.25, -0.2) is 17.2 Å². The molecule has 0 saturated carbocycles. The zero-order valence-electron chi connectivity index (χ0n) is 13.2. The molecule has 0 aromatic heterocycles. The number of sulfonamides is 1. The van der Waals surface area contributed by atoms with Crippen LogP contribution in [0.4, 0.5) is 14.5 Å². The maximum Gasteiger partial charge on any atom is 0.246 e. The van der Waals surface area contributed by atoms with Crippen molar-refractivity contribution in [3.63, 3.8) is 0 Å². The number of benzene rings is 2. The zero-order chi connectivity index (χ0) is 17.3. The molecule has 7 heteroatoms. The second-order valence-electron chi connectivity index (χ2n) is 5.80. The van der Waals surface area contributed by atoms with Crippen molar-refractivity contribution in [1.82, 2.24) is 4.31 Å². The Kier molecular flexibility index (Phi) is 4.56. The van der Waals surface area contributed by atoms with Crippen molar-refractivity contribution >= 4 is 15.7 Å². The lowest BCUT2D eigenvalue weighted by Crippen LogP contribution is -2.48. The lowest BCUT2D eigenvalue weighted by Gasteiger charge is -2.35. The molecule has 0 radical (unpaired) electrons. The topological polar surface area (TPSA) is 40.6 Å². The van der Waals surface area contributed by atoms with Crippen LogP contribution >= 0.6 is 0 Å². The Morgan fingerprint density at radius 2 is 1.67 bits per heavy atom. The standard InChI is InChI=1S/C17H18F2N2O2S/c1-13-3-2-4-15(11-13)20-7-9-21(10-8-20)24(22,23)17-12-14(18)5-6-16(17)19/h2-6,11-12H,7-10H2,1H3. The predicted molar refractivity (Wildman–Crippen MR) is 88.5 cm³/mol. The number of hydrogen-bond acceptors (Lipinski definition) is 3. The predicted octanol–water partition coefficient (Wildman–Crippen LogP) is 2.78. The lowest BCUT2D eigenvalue weighted by molar-refractivity contribution is 0.382. The fraction of sp³-hybridized carbons (Fsp3) is 0.294. The first-order chi connectivity index (χ1) is 11.4. The van der Waals surface area contributed by atoms with E-state index in [4.69, 9.17) is 0 Å². The van der Waals surface area contributed by atoms with Gasteiger partial charge in [0.25, 0.3) is 0 Å². The molecule has 128 valence electrons. The molecule has 1 aliphatic heterocycles. The van der Waals surface area contributed by atoms with Crippen molar-refractivity contribution in [2.45, 2.75) is 11.8 Å². The molecule has 0 atom stereocenters. The molecule has 0 N–H and O–H groups in total. The molecule has 2 aromatic rings. The molecule has 4 nitrogen and oxygen atoms in total. The van der Waals surface area contributed by atoms with Crippen LogP contribution in [0, 0.1) is 18.6 Å². The lowest BCUT2D eigenvalue weighted by atomic mass is 10.2. The Hall–Kier alpha value is -1.99. The molecule has 1 heterocycles. The highest BCUT2D eigenvalue weighted by Gasteiger charge is 2.31. The van der Waals surface area contributed by atoms with Crippen molar-refractivity contribution in [2.24, 2.45) is 0 Å². The Labute approximate surface area is 140 Å². The van der Waals surface area contributed by atoms with E-state index in [0.29, 0.717) is 13.1 Å². The summed E-state index contributed by atoms with van der Waals surface area (Å²) in [7, 11) is -4.04. The summed E-state index contributed by atoms with van der Waals surface area (Å²) in [6.07, 6.45) is 0. The molecule has 1 fully saturated rings. The van der Waals surface area contributed by atoms with Crippen LogP contribution in [-0.4, -0.2) is 38.9 Å². The zero-order valence-corrected chi connectivity index (χ0v) is 14.1. The van der Waals surface area contributed by atoms with E-state index in [2.05, 4.69) is 4.90 Å². The van der Waals surface area contributed by atoms with Crippen molar-refractivity contribution in [2.75, 3.05) is 31.1 Å². The van der Waals surface area contributed by atoms with Crippen molar-refractivity contribution in [1.29, 1.82) is 0 Å². The average molecular weight is 352 g/mol. The summed E-state index contributed by atoms with van der Waals surface area (Å²) in [5.41, 5.74) is 2.16. The quantitative estimate of drug-likeness (QED) is 0.853. The van der Waals surface area contributed by atoms with Crippen LogP contribution < -0.4 is 4.90 Å². The molecular weight excluding hydrogens is 334 g/mol. The van der Waals surface area contributed by atoms with E-state index in [-0.39, 0.29) is 13.1 Å². The van der Waals surface area contributed by atoms with Crippen molar-refractivity contribution in [3.05, 3.63) is 59.7 Å². The van der Waals surface area contributed by atoms with Crippen molar-refractivity contribution in [3.8, 4) is 0 Å². The monoisotopic (exact) mass is 352 g/mol. The van der Waals surface area contributed by atoms with Gasteiger partial charge >= 0.3 is 0 Å². The third kappa shape index (κ3) is 3.27. The Balaban J connectivity index is 1.77. The number of halogens is 2. The van der Waals surface area contributed by atoms with Gasteiger partial charge in [0.2, 0.25) is 10.0 Å². The molecule has 1 aliphatic rings. The molecule has 2 aromatic carbocycles. The minimum absolute atomic E-state index is 0.228. The number of piperazine rings is 1. The number of hydrogen-bond donors (Lipinski definition) is 0. The summed E-state index contributed by atoms with van der Waals surface area (Å²) in [4.78, 5) is 1.48. The molecular formula is C17H18F2N2O2S. The number of anilines is 1. The van der Waals surface area contributed by atoms with Gasteiger partial charge in [-0.15, -0.1) is 0 Å². The van der Waals surface area contributed by atoms with Crippen LogP contribution in [0.3, 0.4) is 0 Å². The second-order valence-corrected chi connectivity index (χ2v) is 7.71. The number of aryl methyl sites for hydroxylation is 1. The molecule has 1 saturated heterocycles. The second kappa shape index (κ2) is 6.49. The molecule has 0 unspecified atom stereocenters. The minimum Gasteiger partial charge on any atom is -0.369 e. The van der Waals surface area contributed by atoms with Gasteiger partial charge in [-0.2, -0.15) is 4.31 Å². The SMILES string of the molecule is Cc1cccc(N2CCN(S(=O)(=O)c3cc(F)ccc3F)CC2)c1. The van der Waals surface area contributed by atoms with E-state index in [0.717, 1.165) is 29.4 Å². The summed E-state index contributed by atoms with van der Waals surface area (Å²) < 4.78 is 53.5. The van der Waals surface area contributed by atoms with Crippen LogP contribution in [0.15, 0.2) is 47.4 Å². The van der Waals surface area contributed by atoms with Gasteiger partial charge in [0.05, 0.1) is 0 Å². The first-order valence-electron chi connectivity index (χ1n) is 7.65. The molecule has 0 spiro atoms. The van der Waals surface area contributed by atoms with Crippen LogP contribution in [0.1, 0.15) is 5.56 Å². The molecule has 24 heavy (non-hydrogen) atoms. The third-order valence-corrected chi connectivity index (χ3v) is 6.03. The third-order valence-electron chi connectivity index (χ3n) is 4.12. The summed E-state index contributed by atoms with van der Waals surface area (Å²) >= 11 is 0. The van der Waals surface area contributed by atoms with E-state index in [9.17, 15) is 17.2 Å². The van der Waals surface area contributed by atoms with Gasteiger partial charge in [0.15, 0.2) is 0 Å². The van der Waals surface area contributed by atoms with E-state index in [1.807, 2.05) is 31.2 Å². The fourth-order valence-electron chi connectivity index (χ4n) is 2.83. The first-order valence-corrected chi connectivity index (χ1v) is 9.09. The summed E-state index contributed by atoms with van der Waals surface area (Å²) in [5.74, 6) is -1.70. The van der Waals surface area contributed by atoms with Crippen LogP contribution in [0.5, 0.6) is 0 Å².